The van der Waals surface area contributed by atoms with E-state index in [2.05, 4.69) is 6.92 Å². The second-order valence-corrected chi connectivity index (χ2v) is 3.67. The van der Waals surface area contributed by atoms with Gasteiger partial charge in [-0.2, -0.15) is 0 Å². The molecule has 0 fully saturated rings. The van der Waals surface area contributed by atoms with Crippen molar-refractivity contribution in [1.82, 2.24) is 0 Å². The number of hydrogen-bond donors (Lipinski definition) is 0. The summed E-state index contributed by atoms with van der Waals surface area (Å²) in [6.07, 6.45) is 2.81. The number of rotatable bonds is 5. The molecule has 0 saturated carbocycles. The zero-order valence-corrected chi connectivity index (χ0v) is 10.8. The van der Waals surface area contributed by atoms with Crippen molar-refractivity contribution in [3.8, 4) is 0 Å². The molecule has 0 amide bonds. The third-order valence-electron chi connectivity index (χ3n) is 1.05. The van der Waals surface area contributed by atoms with Crippen molar-refractivity contribution >= 4 is 8.03 Å². The first-order chi connectivity index (χ1) is 4.31. The van der Waals surface area contributed by atoms with E-state index < -0.39 is 8.03 Å². The van der Waals surface area contributed by atoms with Crippen LogP contribution in [-0.4, -0.2) is 12.8 Å². The quantitative estimate of drug-likeness (QED) is 0.400. The number of hydrogen-bond acceptors (Lipinski definition) is 2. The molecule has 0 aromatic rings. The maximum Gasteiger partial charge on any atom is 0.191 e. The standard InChI is InChI=1S/C6H15O2P.Zn/c1-3-5-6-8-9(7)4-2;/h9H,3-6H2,1-2H3;. The number of unbranched alkanes of at least 4 members (excludes halogenated alkanes) is 1. The van der Waals surface area contributed by atoms with Crippen LogP contribution < -0.4 is 0 Å². The monoisotopic (exact) mass is 214 g/mol. The Balaban J connectivity index is 0. The zero-order chi connectivity index (χ0) is 7.11. The zero-order valence-electron chi connectivity index (χ0n) is 6.85. The van der Waals surface area contributed by atoms with Crippen LogP contribution in [0.25, 0.3) is 0 Å². The van der Waals surface area contributed by atoms with Gasteiger partial charge in [0.1, 0.15) is 0 Å². The molecule has 0 aliphatic rings. The van der Waals surface area contributed by atoms with Gasteiger partial charge in [0, 0.05) is 25.6 Å². The molecule has 0 heterocycles. The Morgan fingerprint density at radius 2 is 2.00 bits per heavy atom. The topological polar surface area (TPSA) is 26.3 Å². The predicted molar refractivity (Wildman–Crippen MR) is 40.4 cm³/mol. The van der Waals surface area contributed by atoms with E-state index in [1.165, 1.54) is 0 Å². The third kappa shape index (κ3) is 8.81. The van der Waals surface area contributed by atoms with Gasteiger partial charge in [0.2, 0.25) is 0 Å². The third-order valence-corrected chi connectivity index (χ3v) is 2.15. The fourth-order valence-electron chi connectivity index (χ4n) is 0.432. The summed E-state index contributed by atoms with van der Waals surface area (Å²) >= 11 is 0. The van der Waals surface area contributed by atoms with Crippen LogP contribution in [0.5, 0.6) is 0 Å². The first kappa shape index (κ1) is 13.4. The molecule has 0 spiro atoms. The Morgan fingerprint density at radius 1 is 1.40 bits per heavy atom. The SMILES string of the molecule is CCCCO[PH](=O)CC.[Zn]. The fourth-order valence-corrected chi connectivity index (χ4v) is 1.01. The summed E-state index contributed by atoms with van der Waals surface area (Å²) in [5, 5.41) is 0. The van der Waals surface area contributed by atoms with Gasteiger partial charge in [-0.3, -0.25) is 4.57 Å². The van der Waals surface area contributed by atoms with E-state index in [0.29, 0.717) is 12.8 Å². The van der Waals surface area contributed by atoms with E-state index in [1.807, 2.05) is 6.92 Å². The maximum atomic E-state index is 10.6. The molecule has 0 saturated heterocycles. The minimum Gasteiger partial charge on any atom is -0.330 e. The van der Waals surface area contributed by atoms with E-state index in [9.17, 15) is 4.57 Å². The summed E-state index contributed by atoms with van der Waals surface area (Å²) in [5.41, 5.74) is 0. The van der Waals surface area contributed by atoms with Gasteiger partial charge in [-0.1, -0.05) is 20.3 Å². The minimum atomic E-state index is -1.65. The van der Waals surface area contributed by atoms with Gasteiger partial charge in [0.25, 0.3) is 0 Å². The maximum absolute atomic E-state index is 10.6. The van der Waals surface area contributed by atoms with Crippen molar-refractivity contribution in [1.29, 1.82) is 0 Å². The van der Waals surface area contributed by atoms with Crippen LogP contribution in [-0.2, 0) is 28.6 Å². The average molecular weight is 216 g/mol. The molecule has 4 heteroatoms. The summed E-state index contributed by atoms with van der Waals surface area (Å²) in [7, 11) is -1.65. The summed E-state index contributed by atoms with van der Waals surface area (Å²) in [6.45, 7) is 4.64. The Labute approximate surface area is 76.4 Å². The van der Waals surface area contributed by atoms with Crippen LogP contribution in [0.3, 0.4) is 0 Å². The van der Waals surface area contributed by atoms with Crippen LogP contribution >= 0.6 is 8.03 Å². The molecule has 0 bridgehead atoms. The first-order valence-corrected chi connectivity index (χ1v) is 4.99. The summed E-state index contributed by atoms with van der Waals surface area (Å²) < 4.78 is 15.6. The van der Waals surface area contributed by atoms with Crippen molar-refractivity contribution < 1.29 is 28.6 Å². The molecular weight excluding hydrogens is 200 g/mol. The Morgan fingerprint density at radius 3 is 2.40 bits per heavy atom. The smallest absolute Gasteiger partial charge is 0.191 e. The molecule has 10 heavy (non-hydrogen) atoms. The van der Waals surface area contributed by atoms with Crippen LogP contribution in [0.4, 0.5) is 0 Å². The van der Waals surface area contributed by atoms with Gasteiger partial charge in [-0.25, -0.2) is 0 Å². The van der Waals surface area contributed by atoms with Crippen molar-refractivity contribution in [3.05, 3.63) is 0 Å². The summed E-state index contributed by atoms with van der Waals surface area (Å²) in [5.74, 6) is 0. The largest absolute Gasteiger partial charge is 0.330 e. The van der Waals surface area contributed by atoms with Gasteiger partial charge >= 0.3 is 0 Å². The second-order valence-electron chi connectivity index (χ2n) is 1.93. The van der Waals surface area contributed by atoms with Crippen molar-refractivity contribution in [3.63, 3.8) is 0 Å². The first-order valence-electron chi connectivity index (χ1n) is 3.46. The van der Waals surface area contributed by atoms with E-state index in [1.54, 1.807) is 0 Å². The molecule has 0 aliphatic heterocycles. The van der Waals surface area contributed by atoms with Crippen LogP contribution in [0, 0.1) is 0 Å². The van der Waals surface area contributed by atoms with Gasteiger partial charge in [0.05, 0.1) is 6.61 Å². The molecule has 0 aromatic carbocycles. The van der Waals surface area contributed by atoms with E-state index in [0.717, 1.165) is 12.8 Å². The molecule has 1 atom stereocenters. The average Bonchev–Trinajstić information content (AvgIpc) is 1.89. The molecule has 0 aromatic heterocycles. The summed E-state index contributed by atoms with van der Waals surface area (Å²) in [4.78, 5) is 0. The van der Waals surface area contributed by atoms with Crippen molar-refractivity contribution in [2.45, 2.75) is 26.7 Å². The van der Waals surface area contributed by atoms with Gasteiger partial charge in [-0.05, 0) is 6.42 Å². The Hall–Kier alpha value is 0.813. The van der Waals surface area contributed by atoms with E-state index in [-0.39, 0.29) is 19.5 Å². The molecule has 0 radical (unpaired) electrons. The van der Waals surface area contributed by atoms with Crippen LogP contribution in [0.1, 0.15) is 26.7 Å². The van der Waals surface area contributed by atoms with E-state index in [4.69, 9.17) is 4.52 Å². The van der Waals surface area contributed by atoms with Crippen LogP contribution in [0.15, 0.2) is 0 Å². The van der Waals surface area contributed by atoms with E-state index >= 15 is 0 Å². The molecule has 1 unspecified atom stereocenters. The van der Waals surface area contributed by atoms with Gasteiger partial charge < -0.3 is 4.52 Å². The molecule has 58 valence electrons. The van der Waals surface area contributed by atoms with Gasteiger partial charge in [-0.15, -0.1) is 0 Å². The van der Waals surface area contributed by atoms with Crippen LogP contribution in [0.2, 0.25) is 0 Å². The predicted octanol–water partition coefficient (Wildman–Crippen LogP) is 2.30. The van der Waals surface area contributed by atoms with Crippen molar-refractivity contribution in [2.24, 2.45) is 0 Å². The Kier molecular flexibility index (Phi) is 13.2. The molecule has 0 N–H and O–H groups in total. The summed E-state index contributed by atoms with van der Waals surface area (Å²) in [6, 6.07) is 0. The minimum absolute atomic E-state index is 0. The normalized spacial score (nSPS) is 12.2. The van der Waals surface area contributed by atoms with Gasteiger partial charge in [0.15, 0.2) is 8.03 Å². The Bertz CT molecular complexity index is 87.8. The molecule has 0 aliphatic carbocycles. The van der Waals surface area contributed by atoms with Crippen molar-refractivity contribution in [2.75, 3.05) is 12.8 Å². The molecule has 2 nitrogen and oxygen atoms in total. The molecule has 0 rings (SSSR count). The fraction of sp³-hybridized carbons (Fsp3) is 1.00. The molecular formula is C6H15O2PZn. The second kappa shape index (κ2) is 9.81.